The average Bonchev–Trinajstić information content (AvgIpc) is 3.35. The maximum absolute atomic E-state index is 2.39. The summed E-state index contributed by atoms with van der Waals surface area (Å²) >= 11 is 0. The molecule has 0 saturated carbocycles. The number of aromatic nitrogens is 1. The molecule has 40 heavy (non-hydrogen) atoms. The van der Waals surface area contributed by atoms with Crippen LogP contribution in [0.2, 0.25) is 0 Å². The van der Waals surface area contributed by atoms with Crippen LogP contribution in [0.4, 0.5) is 17.1 Å². The number of hydrogen-bond acceptors (Lipinski definition) is 1. The zero-order chi connectivity index (χ0) is 26.5. The van der Waals surface area contributed by atoms with Crippen LogP contribution in [0.3, 0.4) is 0 Å². The third kappa shape index (κ3) is 3.58. The van der Waals surface area contributed by atoms with Crippen molar-refractivity contribution in [1.82, 2.24) is 4.57 Å². The summed E-state index contributed by atoms with van der Waals surface area (Å²) in [7, 11) is 0. The van der Waals surface area contributed by atoms with Crippen molar-refractivity contribution in [3.8, 4) is 5.69 Å². The molecule has 0 radical (unpaired) electrons. The average molecular weight is 511 g/mol. The van der Waals surface area contributed by atoms with Gasteiger partial charge in [0.1, 0.15) is 0 Å². The zero-order valence-corrected chi connectivity index (χ0v) is 21.9. The van der Waals surface area contributed by atoms with E-state index in [1.165, 1.54) is 54.7 Å². The van der Waals surface area contributed by atoms with Crippen LogP contribution in [0, 0.1) is 0 Å². The topological polar surface area (TPSA) is 8.17 Å². The number of anilines is 3. The summed E-state index contributed by atoms with van der Waals surface area (Å²) in [6.45, 7) is 0. The van der Waals surface area contributed by atoms with Gasteiger partial charge >= 0.3 is 0 Å². The summed E-state index contributed by atoms with van der Waals surface area (Å²) in [4.78, 5) is 2.39. The van der Waals surface area contributed by atoms with Crippen molar-refractivity contribution < 1.29 is 0 Å². The first-order chi connectivity index (χ1) is 19.8. The van der Waals surface area contributed by atoms with E-state index in [2.05, 4.69) is 167 Å². The van der Waals surface area contributed by atoms with Gasteiger partial charge in [0.2, 0.25) is 0 Å². The molecule has 0 saturated heterocycles. The van der Waals surface area contributed by atoms with Crippen molar-refractivity contribution in [3.05, 3.63) is 158 Å². The minimum Gasteiger partial charge on any atom is -0.310 e. The van der Waals surface area contributed by atoms with Crippen molar-refractivity contribution in [2.24, 2.45) is 0 Å². The fourth-order valence-electron chi connectivity index (χ4n) is 6.10. The molecule has 0 aliphatic carbocycles. The fraction of sp³-hybridized carbons (Fsp3) is 0. The van der Waals surface area contributed by atoms with Crippen molar-refractivity contribution >= 4 is 60.4 Å². The molecule has 8 rings (SSSR count). The minimum absolute atomic E-state index is 1.13. The van der Waals surface area contributed by atoms with E-state index in [0.717, 1.165) is 11.4 Å². The largest absolute Gasteiger partial charge is 0.310 e. The highest BCUT2D eigenvalue weighted by molar-refractivity contribution is 6.11. The van der Waals surface area contributed by atoms with Gasteiger partial charge in [-0.1, -0.05) is 91.0 Å². The van der Waals surface area contributed by atoms with Gasteiger partial charge in [-0.2, -0.15) is 0 Å². The first kappa shape index (κ1) is 22.6. The van der Waals surface area contributed by atoms with Gasteiger partial charge in [0.05, 0.1) is 16.7 Å². The molecule has 8 aromatic rings. The maximum Gasteiger partial charge on any atom is 0.0542 e. The van der Waals surface area contributed by atoms with Crippen molar-refractivity contribution in [2.45, 2.75) is 0 Å². The second-order valence-corrected chi connectivity index (χ2v) is 10.3. The van der Waals surface area contributed by atoms with E-state index in [9.17, 15) is 0 Å². The highest BCUT2D eigenvalue weighted by Gasteiger charge is 2.18. The number of benzene rings is 7. The van der Waals surface area contributed by atoms with Gasteiger partial charge in [0.15, 0.2) is 0 Å². The first-order valence-corrected chi connectivity index (χ1v) is 13.7. The lowest BCUT2D eigenvalue weighted by atomic mass is 10.0. The van der Waals surface area contributed by atoms with Crippen LogP contribution in [0.5, 0.6) is 0 Å². The van der Waals surface area contributed by atoms with E-state index in [1.54, 1.807) is 0 Å². The predicted molar refractivity (Wildman–Crippen MR) is 170 cm³/mol. The molecule has 0 fully saturated rings. The molecular formula is C38H26N2. The molecule has 0 amide bonds. The molecule has 0 bridgehead atoms. The summed E-state index contributed by atoms with van der Waals surface area (Å²) in [5.41, 5.74) is 7.02. The SMILES string of the molecule is c1ccc(N(c2ccc3c(c2)c2ccccc2n3-c2ccccc2)c2cccc3cc4ccccc4cc23)cc1. The molecule has 1 aromatic heterocycles. The molecule has 2 heteroatoms. The molecule has 0 unspecified atom stereocenters. The molecule has 1 heterocycles. The Labute approximate surface area is 233 Å². The molecular weight excluding hydrogens is 484 g/mol. The van der Waals surface area contributed by atoms with E-state index >= 15 is 0 Å². The second kappa shape index (κ2) is 9.14. The Hall–Kier alpha value is -5.34. The maximum atomic E-state index is 2.39. The van der Waals surface area contributed by atoms with Crippen molar-refractivity contribution in [3.63, 3.8) is 0 Å². The van der Waals surface area contributed by atoms with Crippen molar-refractivity contribution in [2.75, 3.05) is 4.90 Å². The van der Waals surface area contributed by atoms with E-state index < -0.39 is 0 Å². The number of nitrogens with zero attached hydrogens (tertiary/aromatic N) is 2. The molecule has 0 N–H and O–H groups in total. The molecule has 0 aliphatic rings. The Morgan fingerprint density at radius 2 is 1.02 bits per heavy atom. The van der Waals surface area contributed by atoms with E-state index in [4.69, 9.17) is 0 Å². The lowest BCUT2D eigenvalue weighted by Crippen LogP contribution is -2.10. The van der Waals surface area contributed by atoms with Gasteiger partial charge in [-0.15, -0.1) is 0 Å². The summed E-state index contributed by atoms with van der Waals surface area (Å²) in [6, 6.07) is 56.8. The predicted octanol–water partition coefficient (Wildman–Crippen LogP) is 10.6. The van der Waals surface area contributed by atoms with E-state index in [0.29, 0.717) is 0 Å². The van der Waals surface area contributed by atoms with Gasteiger partial charge in [-0.3, -0.25) is 0 Å². The molecule has 188 valence electrons. The van der Waals surface area contributed by atoms with E-state index in [1.807, 2.05) is 0 Å². The minimum atomic E-state index is 1.13. The van der Waals surface area contributed by atoms with E-state index in [-0.39, 0.29) is 0 Å². The standard InChI is InChI=1S/C38H26N2/c1-3-15-30(16-4-1)39(37-21-11-14-29-24-27-12-7-8-13-28(27)25-34(29)37)32-22-23-38-35(26-32)33-19-9-10-20-36(33)40(38)31-17-5-2-6-18-31/h1-26H. The normalized spacial score (nSPS) is 11.5. The number of fused-ring (bicyclic) bond motifs is 5. The highest BCUT2D eigenvalue weighted by atomic mass is 15.1. The molecule has 2 nitrogen and oxygen atoms in total. The summed E-state index contributed by atoms with van der Waals surface area (Å²) in [5, 5.41) is 7.46. The monoisotopic (exact) mass is 510 g/mol. The van der Waals surface area contributed by atoms with Crippen molar-refractivity contribution in [1.29, 1.82) is 0 Å². The van der Waals surface area contributed by atoms with Gasteiger partial charge in [-0.05, 0) is 82.9 Å². The lowest BCUT2D eigenvalue weighted by Gasteiger charge is -2.27. The van der Waals surface area contributed by atoms with Gasteiger partial charge in [0.25, 0.3) is 0 Å². The van der Waals surface area contributed by atoms with Crippen LogP contribution in [0.15, 0.2) is 158 Å². The van der Waals surface area contributed by atoms with Crippen LogP contribution in [0.25, 0.3) is 49.0 Å². The summed E-state index contributed by atoms with van der Waals surface area (Å²) in [6.07, 6.45) is 0. The third-order valence-electron chi connectivity index (χ3n) is 7.91. The quantitative estimate of drug-likeness (QED) is 0.214. The summed E-state index contributed by atoms with van der Waals surface area (Å²) in [5.74, 6) is 0. The van der Waals surface area contributed by atoms with Gasteiger partial charge in [0, 0.05) is 33.2 Å². The number of hydrogen-bond donors (Lipinski definition) is 0. The molecule has 0 aliphatic heterocycles. The fourth-order valence-corrected chi connectivity index (χ4v) is 6.10. The van der Waals surface area contributed by atoms with Crippen LogP contribution in [0.1, 0.15) is 0 Å². The first-order valence-electron chi connectivity index (χ1n) is 13.7. The smallest absolute Gasteiger partial charge is 0.0542 e. The highest BCUT2D eigenvalue weighted by Crippen LogP contribution is 2.42. The van der Waals surface area contributed by atoms with Crippen LogP contribution in [-0.4, -0.2) is 4.57 Å². The zero-order valence-electron chi connectivity index (χ0n) is 21.9. The Morgan fingerprint density at radius 3 is 1.85 bits per heavy atom. The second-order valence-electron chi connectivity index (χ2n) is 10.3. The van der Waals surface area contributed by atoms with Gasteiger partial charge < -0.3 is 9.47 Å². The van der Waals surface area contributed by atoms with Gasteiger partial charge in [-0.25, -0.2) is 0 Å². The molecule has 7 aromatic carbocycles. The Morgan fingerprint density at radius 1 is 0.375 bits per heavy atom. The third-order valence-corrected chi connectivity index (χ3v) is 7.91. The van der Waals surface area contributed by atoms with Crippen LogP contribution < -0.4 is 4.90 Å². The summed E-state index contributed by atoms with van der Waals surface area (Å²) < 4.78 is 2.37. The van der Waals surface area contributed by atoms with Crippen LogP contribution in [-0.2, 0) is 0 Å². The lowest BCUT2D eigenvalue weighted by molar-refractivity contribution is 1.18. The van der Waals surface area contributed by atoms with Crippen LogP contribution >= 0.6 is 0 Å². The Kier molecular flexibility index (Phi) is 5.17. The molecule has 0 spiro atoms. The Balaban J connectivity index is 1.41. The molecule has 0 atom stereocenters. The number of rotatable bonds is 4. The Bertz CT molecular complexity index is 2160. The number of para-hydroxylation sites is 3.